The van der Waals surface area contributed by atoms with Gasteiger partial charge in [-0.05, 0) is 53.1 Å². The predicted octanol–water partition coefficient (Wildman–Crippen LogP) is 1.77. The Kier molecular flexibility index (Phi) is 12.9. The van der Waals surface area contributed by atoms with Crippen LogP contribution in [0.3, 0.4) is 0 Å². The molecule has 0 spiro atoms. The topological polar surface area (TPSA) is 61.4 Å². The van der Waals surface area contributed by atoms with Crippen LogP contribution in [0.5, 0.6) is 0 Å². The van der Waals surface area contributed by atoms with E-state index in [1.54, 1.807) is 7.11 Å². The third-order valence-electron chi connectivity index (χ3n) is 6.00. The summed E-state index contributed by atoms with van der Waals surface area (Å²) in [6.45, 7) is 9.80. The maximum Gasteiger partial charge on any atom is 0.191 e. The first kappa shape index (κ1) is 25.9. The SMILES string of the molecule is CCNC(=NCC1(N(C)C)CCOCC1)NC1CCN(CCCOC)CC1.I. The van der Waals surface area contributed by atoms with Gasteiger partial charge < -0.3 is 29.9 Å². The summed E-state index contributed by atoms with van der Waals surface area (Å²) in [5, 5.41) is 7.12. The van der Waals surface area contributed by atoms with Gasteiger partial charge in [-0.3, -0.25) is 4.99 Å². The minimum atomic E-state index is 0. The molecule has 0 unspecified atom stereocenters. The molecule has 0 radical (unpaired) electrons. The number of guanidine groups is 1. The molecule has 0 atom stereocenters. The molecular formula is C20H42IN5O2. The normalized spacial score (nSPS) is 21.4. The molecule has 7 nitrogen and oxygen atoms in total. The van der Waals surface area contributed by atoms with Crippen LogP contribution in [0.2, 0.25) is 0 Å². The second-order valence-corrected chi connectivity index (χ2v) is 8.03. The molecule has 0 bridgehead atoms. The highest BCUT2D eigenvalue weighted by Gasteiger charge is 2.34. The van der Waals surface area contributed by atoms with Gasteiger partial charge in [-0.15, -0.1) is 24.0 Å². The maximum absolute atomic E-state index is 5.58. The van der Waals surface area contributed by atoms with Crippen molar-refractivity contribution < 1.29 is 9.47 Å². The highest BCUT2D eigenvalue weighted by molar-refractivity contribution is 14.0. The van der Waals surface area contributed by atoms with Gasteiger partial charge in [-0.2, -0.15) is 0 Å². The number of likely N-dealkylation sites (tertiary alicyclic amines) is 1. The second kappa shape index (κ2) is 14.0. The Balaban J connectivity index is 0.00000392. The fourth-order valence-electron chi connectivity index (χ4n) is 3.97. The van der Waals surface area contributed by atoms with E-state index in [2.05, 4.69) is 41.5 Å². The number of nitrogens with zero attached hydrogens (tertiary/aromatic N) is 3. The standard InChI is InChI=1S/C20H41N5O2.HI/c1-5-21-19(22-17-20(24(2)3)9-15-27-16-10-20)23-18-7-12-25(13-8-18)11-6-14-26-4;/h18H,5-17H2,1-4H3,(H2,21,22,23);1H. The number of likely N-dealkylation sites (N-methyl/N-ethyl adjacent to an activating group) is 1. The predicted molar refractivity (Wildman–Crippen MR) is 127 cm³/mol. The number of methoxy groups -OCH3 is 1. The largest absolute Gasteiger partial charge is 0.385 e. The number of ether oxygens (including phenoxy) is 2. The van der Waals surface area contributed by atoms with Crippen LogP contribution in [0.1, 0.15) is 39.0 Å². The first-order valence-electron chi connectivity index (χ1n) is 10.6. The number of hydrogen-bond donors (Lipinski definition) is 2. The lowest BCUT2D eigenvalue weighted by Crippen LogP contribution is -2.53. The highest BCUT2D eigenvalue weighted by Crippen LogP contribution is 2.26. The quantitative estimate of drug-likeness (QED) is 0.213. The van der Waals surface area contributed by atoms with Crippen LogP contribution < -0.4 is 10.6 Å². The van der Waals surface area contributed by atoms with Crippen molar-refractivity contribution in [2.75, 3.05) is 73.7 Å². The first-order valence-corrected chi connectivity index (χ1v) is 10.6. The molecule has 0 saturated carbocycles. The monoisotopic (exact) mass is 511 g/mol. The Labute approximate surface area is 189 Å². The van der Waals surface area contributed by atoms with Crippen molar-refractivity contribution in [1.29, 1.82) is 0 Å². The molecule has 2 saturated heterocycles. The van der Waals surface area contributed by atoms with E-state index < -0.39 is 0 Å². The van der Waals surface area contributed by atoms with Crippen LogP contribution in [-0.2, 0) is 9.47 Å². The van der Waals surface area contributed by atoms with Gasteiger partial charge in [0.05, 0.1) is 6.54 Å². The van der Waals surface area contributed by atoms with E-state index in [0.29, 0.717) is 6.04 Å². The van der Waals surface area contributed by atoms with Crippen molar-refractivity contribution in [3.63, 3.8) is 0 Å². The summed E-state index contributed by atoms with van der Waals surface area (Å²) in [7, 11) is 6.11. The average molecular weight is 511 g/mol. The van der Waals surface area contributed by atoms with E-state index >= 15 is 0 Å². The average Bonchev–Trinajstić information content (AvgIpc) is 2.68. The van der Waals surface area contributed by atoms with Gasteiger partial charge >= 0.3 is 0 Å². The summed E-state index contributed by atoms with van der Waals surface area (Å²) < 4.78 is 10.7. The van der Waals surface area contributed by atoms with Crippen molar-refractivity contribution in [2.24, 2.45) is 4.99 Å². The maximum atomic E-state index is 5.58. The fraction of sp³-hybridized carbons (Fsp3) is 0.950. The van der Waals surface area contributed by atoms with E-state index in [9.17, 15) is 0 Å². The lowest BCUT2D eigenvalue weighted by molar-refractivity contribution is -0.00256. The Hall–Kier alpha value is -0.160. The van der Waals surface area contributed by atoms with Crippen molar-refractivity contribution in [3.8, 4) is 0 Å². The number of piperidine rings is 1. The molecular weight excluding hydrogens is 469 g/mol. The van der Waals surface area contributed by atoms with E-state index in [4.69, 9.17) is 14.5 Å². The van der Waals surface area contributed by atoms with E-state index in [1.807, 2.05) is 0 Å². The molecule has 2 heterocycles. The Morgan fingerprint density at radius 3 is 2.50 bits per heavy atom. The summed E-state index contributed by atoms with van der Waals surface area (Å²) in [6.07, 6.45) is 5.55. The smallest absolute Gasteiger partial charge is 0.191 e. The van der Waals surface area contributed by atoms with Gasteiger partial charge in [0.25, 0.3) is 0 Å². The summed E-state index contributed by atoms with van der Waals surface area (Å²) in [5.41, 5.74) is 0.116. The van der Waals surface area contributed by atoms with Crippen LogP contribution in [0.15, 0.2) is 4.99 Å². The van der Waals surface area contributed by atoms with Crippen LogP contribution in [0, 0.1) is 0 Å². The molecule has 0 aliphatic carbocycles. The Morgan fingerprint density at radius 2 is 1.93 bits per heavy atom. The number of hydrogen-bond acceptors (Lipinski definition) is 5. The van der Waals surface area contributed by atoms with Gasteiger partial charge in [0.15, 0.2) is 5.96 Å². The van der Waals surface area contributed by atoms with Crippen LogP contribution in [0.4, 0.5) is 0 Å². The lowest BCUT2D eigenvalue weighted by atomic mass is 9.89. The van der Waals surface area contributed by atoms with Crippen molar-refractivity contribution in [1.82, 2.24) is 20.4 Å². The van der Waals surface area contributed by atoms with Crippen LogP contribution in [-0.4, -0.2) is 101 Å². The van der Waals surface area contributed by atoms with Crippen LogP contribution >= 0.6 is 24.0 Å². The molecule has 2 rings (SSSR count). The van der Waals surface area contributed by atoms with Gasteiger partial charge in [-0.25, -0.2) is 0 Å². The summed E-state index contributed by atoms with van der Waals surface area (Å²) in [6, 6.07) is 0.506. The molecule has 0 aromatic carbocycles. The minimum absolute atomic E-state index is 0. The molecule has 2 N–H and O–H groups in total. The van der Waals surface area contributed by atoms with Crippen molar-refractivity contribution in [2.45, 2.75) is 50.6 Å². The van der Waals surface area contributed by atoms with Gasteiger partial charge in [0, 0.05) is 64.7 Å². The molecule has 166 valence electrons. The van der Waals surface area contributed by atoms with Gasteiger partial charge in [0.2, 0.25) is 0 Å². The number of halogens is 1. The third-order valence-corrected chi connectivity index (χ3v) is 6.00. The summed E-state index contributed by atoms with van der Waals surface area (Å²) in [5.74, 6) is 0.961. The fourth-order valence-corrected chi connectivity index (χ4v) is 3.97. The number of aliphatic imine (C=N–C) groups is 1. The zero-order chi connectivity index (χ0) is 19.5. The van der Waals surface area contributed by atoms with Crippen molar-refractivity contribution in [3.05, 3.63) is 0 Å². The first-order chi connectivity index (χ1) is 13.1. The third kappa shape index (κ3) is 8.30. The molecule has 28 heavy (non-hydrogen) atoms. The lowest BCUT2D eigenvalue weighted by Gasteiger charge is -2.42. The van der Waals surface area contributed by atoms with E-state index in [1.165, 1.54) is 12.8 Å². The zero-order valence-electron chi connectivity index (χ0n) is 18.3. The minimum Gasteiger partial charge on any atom is -0.385 e. The van der Waals surface area contributed by atoms with Crippen LogP contribution in [0.25, 0.3) is 0 Å². The molecule has 0 aromatic rings. The number of nitrogens with one attached hydrogen (secondary N) is 2. The number of rotatable bonds is 9. The molecule has 2 aliphatic rings. The summed E-state index contributed by atoms with van der Waals surface area (Å²) >= 11 is 0. The van der Waals surface area contributed by atoms with Crippen molar-refractivity contribution >= 4 is 29.9 Å². The Bertz CT molecular complexity index is 436. The van der Waals surface area contributed by atoms with E-state index in [-0.39, 0.29) is 29.5 Å². The Morgan fingerprint density at radius 1 is 1.25 bits per heavy atom. The summed E-state index contributed by atoms with van der Waals surface area (Å²) in [4.78, 5) is 9.85. The molecule has 0 aromatic heterocycles. The van der Waals surface area contributed by atoms with Gasteiger partial charge in [-0.1, -0.05) is 0 Å². The molecule has 8 heteroatoms. The molecule has 0 amide bonds. The zero-order valence-corrected chi connectivity index (χ0v) is 20.7. The van der Waals surface area contributed by atoms with Gasteiger partial charge in [0.1, 0.15) is 0 Å². The van der Waals surface area contributed by atoms with E-state index in [0.717, 1.165) is 77.8 Å². The molecule has 2 aliphatic heterocycles. The second-order valence-electron chi connectivity index (χ2n) is 8.03. The highest BCUT2D eigenvalue weighted by atomic mass is 127. The molecule has 2 fully saturated rings.